The average molecular weight is 202 g/mol. The third-order valence-electron chi connectivity index (χ3n) is 2.62. The summed E-state index contributed by atoms with van der Waals surface area (Å²) >= 11 is 0. The first-order chi connectivity index (χ1) is 7.16. The third kappa shape index (κ3) is 2.06. The first kappa shape index (κ1) is 9.90. The molecule has 1 aliphatic heterocycles. The van der Waals surface area contributed by atoms with Crippen LogP contribution < -0.4 is 5.32 Å². The molecule has 1 unspecified atom stereocenters. The molecule has 1 atom stereocenters. The zero-order valence-corrected chi connectivity index (χ0v) is 8.95. The van der Waals surface area contributed by atoms with Crippen LogP contribution in [-0.2, 0) is 11.2 Å². The van der Waals surface area contributed by atoms with Gasteiger partial charge in [0.05, 0.1) is 0 Å². The Balaban J connectivity index is 2.14. The standard InChI is InChI=1S/C12H14N2O/c1-8-5-3-4-6-10(8)7-11-13-9(2)12(15)14-11/h3-6,9H,7H2,1-2H3,(H,13,14,15). The second-order valence-electron chi connectivity index (χ2n) is 3.84. The predicted octanol–water partition coefficient (Wildman–Crippen LogP) is 1.45. The van der Waals surface area contributed by atoms with Crippen molar-refractivity contribution >= 4 is 11.7 Å². The molecule has 1 amide bonds. The van der Waals surface area contributed by atoms with Gasteiger partial charge in [0.25, 0.3) is 0 Å². The van der Waals surface area contributed by atoms with Crippen LogP contribution in [0.25, 0.3) is 0 Å². The van der Waals surface area contributed by atoms with E-state index in [1.54, 1.807) is 6.92 Å². The van der Waals surface area contributed by atoms with Gasteiger partial charge in [-0.1, -0.05) is 24.3 Å². The Bertz CT molecular complexity index is 423. The van der Waals surface area contributed by atoms with Crippen molar-refractivity contribution < 1.29 is 4.79 Å². The number of nitrogens with zero attached hydrogens (tertiary/aromatic N) is 1. The van der Waals surface area contributed by atoms with Gasteiger partial charge in [-0.2, -0.15) is 0 Å². The van der Waals surface area contributed by atoms with E-state index < -0.39 is 0 Å². The Morgan fingerprint density at radius 2 is 2.13 bits per heavy atom. The lowest BCUT2D eigenvalue weighted by Crippen LogP contribution is -2.28. The summed E-state index contributed by atoms with van der Waals surface area (Å²) in [5.41, 5.74) is 2.44. The van der Waals surface area contributed by atoms with Crippen LogP contribution in [0.4, 0.5) is 0 Å². The third-order valence-corrected chi connectivity index (χ3v) is 2.62. The van der Waals surface area contributed by atoms with Crippen molar-refractivity contribution in [2.75, 3.05) is 0 Å². The van der Waals surface area contributed by atoms with Gasteiger partial charge in [-0.15, -0.1) is 0 Å². The predicted molar refractivity (Wildman–Crippen MR) is 59.9 cm³/mol. The zero-order valence-electron chi connectivity index (χ0n) is 8.95. The molecule has 1 heterocycles. The maximum atomic E-state index is 11.2. The summed E-state index contributed by atoms with van der Waals surface area (Å²) in [6.45, 7) is 3.87. The maximum Gasteiger partial charge on any atom is 0.249 e. The molecular formula is C12H14N2O. The lowest BCUT2D eigenvalue weighted by molar-refractivity contribution is -0.119. The molecule has 0 radical (unpaired) electrons. The van der Waals surface area contributed by atoms with E-state index in [-0.39, 0.29) is 11.9 Å². The van der Waals surface area contributed by atoms with E-state index >= 15 is 0 Å². The second-order valence-corrected chi connectivity index (χ2v) is 3.84. The molecule has 3 heteroatoms. The number of benzene rings is 1. The fourth-order valence-electron chi connectivity index (χ4n) is 1.65. The molecule has 0 aromatic heterocycles. The van der Waals surface area contributed by atoms with Gasteiger partial charge in [0.2, 0.25) is 5.91 Å². The highest BCUT2D eigenvalue weighted by molar-refractivity contribution is 6.06. The number of rotatable bonds is 2. The van der Waals surface area contributed by atoms with E-state index in [1.807, 2.05) is 12.1 Å². The van der Waals surface area contributed by atoms with Crippen LogP contribution in [0.5, 0.6) is 0 Å². The fourth-order valence-corrected chi connectivity index (χ4v) is 1.65. The summed E-state index contributed by atoms with van der Waals surface area (Å²) in [5, 5.41) is 2.79. The normalized spacial score (nSPS) is 20.0. The molecule has 0 bridgehead atoms. The molecule has 1 aliphatic rings. The summed E-state index contributed by atoms with van der Waals surface area (Å²) in [5.74, 6) is 0.778. The molecule has 3 nitrogen and oxygen atoms in total. The smallest absolute Gasteiger partial charge is 0.249 e. The van der Waals surface area contributed by atoms with Crippen LogP contribution in [0.15, 0.2) is 29.3 Å². The number of amides is 1. The molecule has 1 aromatic rings. The number of hydrogen-bond acceptors (Lipinski definition) is 2. The fraction of sp³-hybridized carbons (Fsp3) is 0.333. The monoisotopic (exact) mass is 202 g/mol. The molecule has 1 N–H and O–H groups in total. The summed E-state index contributed by atoms with van der Waals surface area (Å²) in [6, 6.07) is 7.91. The van der Waals surface area contributed by atoms with Crippen LogP contribution in [0.2, 0.25) is 0 Å². The molecule has 78 valence electrons. The van der Waals surface area contributed by atoms with E-state index in [1.165, 1.54) is 11.1 Å². The summed E-state index contributed by atoms with van der Waals surface area (Å²) in [6.07, 6.45) is 0.711. The first-order valence-corrected chi connectivity index (χ1v) is 5.09. The minimum atomic E-state index is -0.232. The van der Waals surface area contributed by atoms with Gasteiger partial charge >= 0.3 is 0 Å². The minimum Gasteiger partial charge on any atom is -0.312 e. The average Bonchev–Trinajstić information content (AvgIpc) is 2.50. The molecule has 1 aromatic carbocycles. The Hall–Kier alpha value is -1.64. The van der Waals surface area contributed by atoms with Crippen LogP contribution in [0.1, 0.15) is 18.1 Å². The highest BCUT2D eigenvalue weighted by atomic mass is 16.2. The van der Waals surface area contributed by atoms with Gasteiger partial charge in [-0.25, -0.2) is 0 Å². The maximum absolute atomic E-state index is 11.2. The molecular weight excluding hydrogens is 188 g/mol. The molecule has 0 aliphatic carbocycles. The summed E-state index contributed by atoms with van der Waals surface area (Å²) in [4.78, 5) is 15.5. The van der Waals surface area contributed by atoms with Crippen molar-refractivity contribution in [3.8, 4) is 0 Å². The summed E-state index contributed by atoms with van der Waals surface area (Å²) < 4.78 is 0. The molecule has 2 rings (SSSR count). The molecule has 0 saturated carbocycles. The molecule has 0 saturated heterocycles. The van der Waals surface area contributed by atoms with Crippen LogP contribution in [0, 0.1) is 6.92 Å². The van der Waals surface area contributed by atoms with Gasteiger partial charge in [-0.05, 0) is 25.0 Å². The quantitative estimate of drug-likeness (QED) is 0.775. The first-order valence-electron chi connectivity index (χ1n) is 5.09. The lowest BCUT2D eigenvalue weighted by Gasteiger charge is -2.04. The van der Waals surface area contributed by atoms with Gasteiger partial charge in [-0.3, -0.25) is 9.79 Å². The van der Waals surface area contributed by atoms with Gasteiger partial charge < -0.3 is 5.32 Å². The van der Waals surface area contributed by atoms with E-state index in [2.05, 4.69) is 29.4 Å². The second kappa shape index (κ2) is 3.85. The number of carbonyl (C=O) groups is 1. The topological polar surface area (TPSA) is 41.5 Å². The Morgan fingerprint density at radius 3 is 2.73 bits per heavy atom. The number of aliphatic imine (C=N–C) groups is 1. The van der Waals surface area contributed by atoms with Crippen LogP contribution >= 0.6 is 0 Å². The highest BCUT2D eigenvalue weighted by Gasteiger charge is 2.21. The van der Waals surface area contributed by atoms with Crippen molar-refractivity contribution in [3.05, 3.63) is 35.4 Å². The van der Waals surface area contributed by atoms with E-state index in [4.69, 9.17) is 0 Å². The Labute approximate surface area is 89.2 Å². The molecule has 0 spiro atoms. The van der Waals surface area contributed by atoms with E-state index in [0.717, 1.165) is 5.84 Å². The van der Waals surface area contributed by atoms with Crippen molar-refractivity contribution in [2.45, 2.75) is 26.3 Å². The number of amidine groups is 1. The summed E-state index contributed by atoms with van der Waals surface area (Å²) in [7, 11) is 0. The van der Waals surface area contributed by atoms with Gasteiger partial charge in [0, 0.05) is 6.42 Å². The van der Waals surface area contributed by atoms with Crippen molar-refractivity contribution in [1.29, 1.82) is 0 Å². The SMILES string of the molecule is Cc1ccccc1CC1=NC(C)C(=O)N1. The van der Waals surface area contributed by atoms with Crippen molar-refractivity contribution in [2.24, 2.45) is 4.99 Å². The van der Waals surface area contributed by atoms with Crippen LogP contribution in [-0.4, -0.2) is 17.8 Å². The number of carbonyl (C=O) groups excluding carboxylic acids is 1. The highest BCUT2D eigenvalue weighted by Crippen LogP contribution is 2.10. The van der Waals surface area contributed by atoms with Gasteiger partial charge in [0.1, 0.15) is 11.9 Å². The van der Waals surface area contributed by atoms with Crippen molar-refractivity contribution in [1.82, 2.24) is 5.32 Å². The molecule has 0 fully saturated rings. The largest absolute Gasteiger partial charge is 0.312 e. The van der Waals surface area contributed by atoms with Crippen LogP contribution in [0.3, 0.4) is 0 Å². The minimum absolute atomic E-state index is 0.00131. The molecule has 15 heavy (non-hydrogen) atoms. The number of nitrogens with one attached hydrogen (secondary N) is 1. The zero-order chi connectivity index (χ0) is 10.8. The number of hydrogen-bond donors (Lipinski definition) is 1. The number of aryl methyl sites for hydroxylation is 1. The lowest BCUT2D eigenvalue weighted by atomic mass is 10.1. The van der Waals surface area contributed by atoms with E-state index in [0.29, 0.717) is 6.42 Å². The Morgan fingerprint density at radius 1 is 1.40 bits per heavy atom. The van der Waals surface area contributed by atoms with E-state index in [9.17, 15) is 4.79 Å². The van der Waals surface area contributed by atoms with Gasteiger partial charge in [0.15, 0.2) is 0 Å². The Kier molecular flexibility index (Phi) is 2.54. The van der Waals surface area contributed by atoms with Crippen molar-refractivity contribution in [3.63, 3.8) is 0 Å².